The lowest BCUT2D eigenvalue weighted by atomic mass is 10.1. The van der Waals surface area contributed by atoms with Gasteiger partial charge in [0.05, 0.1) is 0 Å². The van der Waals surface area contributed by atoms with Gasteiger partial charge in [-0.2, -0.15) is 0 Å². The molecule has 0 bridgehead atoms. The third kappa shape index (κ3) is 2.93. The van der Waals surface area contributed by atoms with Gasteiger partial charge in [0.1, 0.15) is 22.3 Å². The molecule has 0 aliphatic heterocycles. The monoisotopic (exact) mass is 292 g/mol. The summed E-state index contributed by atoms with van der Waals surface area (Å²) < 4.78 is 27.9. The van der Waals surface area contributed by atoms with Crippen molar-refractivity contribution in [2.75, 3.05) is 5.32 Å². The summed E-state index contributed by atoms with van der Waals surface area (Å²) in [6, 6.07) is 7.90. The summed E-state index contributed by atoms with van der Waals surface area (Å²) in [5, 5.41) is 2.78. The fraction of sp³-hybridized carbons (Fsp3) is 0.133. The molecule has 0 saturated carbocycles. The van der Waals surface area contributed by atoms with Gasteiger partial charge < -0.3 is 11.1 Å². The Morgan fingerprint density at radius 3 is 2.25 bits per heavy atom. The molecule has 3 N–H and O–H groups in total. The standard InChI is InChI=1S/C15H14F2N2S/c1-8-3-4-9(2)13(5-8)19-14-11(16)6-10(15(18)20)7-12(14)17/h3-7,19H,1-2H3,(H2,18,20). The topological polar surface area (TPSA) is 38.0 Å². The molecule has 104 valence electrons. The van der Waals surface area contributed by atoms with Crippen molar-refractivity contribution in [2.45, 2.75) is 13.8 Å². The maximum atomic E-state index is 14.0. The first kappa shape index (κ1) is 14.4. The Hall–Kier alpha value is -2.01. The van der Waals surface area contributed by atoms with Crippen LogP contribution in [0, 0.1) is 25.5 Å². The lowest BCUT2D eigenvalue weighted by Crippen LogP contribution is -2.11. The SMILES string of the molecule is Cc1ccc(C)c(Nc2c(F)cc(C(N)=S)cc2F)c1. The first-order valence-corrected chi connectivity index (χ1v) is 6.42. The van der Waals surface area contributed by atoms with Crippen LogP contribution in [0.2, 0.25) is 0 Å². The van der Waals surface area contributed by atoms with Crippen LogP contribution in [0.15, 0.2) is 30.3 Å². The average Bonchev–Trinajstić information content (AvgIpc) is 2.37. The van der Waals surface area contributed by atoms with Gasteiger partial charge in [0.25, 0.3) is 0 Å². The number of rotatable bonds is 3. The average molecular weight is 292 g/mol. The smallest absolute Gasteiger partial charge is 0.150 e. The number of aryl methyl sites for hydroxylation is 2. The van der Waals surface area contributed by atoms with Crippen molar-refractivity contribution in [1.29, 1.82) is 0 Å². The molecule has 0 radical (unpaired) electrons. The van der Waals surface area contributed by atoms with E-state index in [-0.39, 0.29) is 16.2 Å². The summed E-state index contributed by atoms with van der Waals surface area (Å²) in [6.45, 7) is 3.77. The Kier molecular flexibility index (Phi) is 3.99. The normalized spacial score (nSPS) is 10.4. The molecule has 0 aliphatic rings. The van der Waals surface area contributed by atoms with Gasteiger partial charge in [-0.25, -0.2) is 8.78 Å². The third-order valence-electron chi connectivity index (χ3n) is 2.98. The zero-order valence-electron chi connectivity index (χ0n) is 11.1. The van der Waals surface area contributed by atoms with E-state index in [1.54, 1.807) is 0 Å². The summed E-state index contributed by atoms with van der Waals surface area (Å²) >= 11 is 4.72. The van der Waals surface area contributed by atoms with Crippen molar-refractivity contribution in [3.63, 3.8) is 0 Å². The summed E-state index contributed by atoms with van der Waals surface area (Å²) in [6.07, 6.45) is 0. The van der Waals surface area contributed by atoms with Gasteiger partial charge in [-0.05, 0) is 43.2 Å². The second-order valence-electron chi connectivity index (χ2n) is 4.62. The highest BCUT2D eigenvalue weighted by Crippen LogP contribution is 2.27. The Morgan fingerprint density at radius 2 is 1.70 bits per heavy atom. The Morgan fingerprint density at radius 1 is 1.10 bits per heavy atom. The van der Waals surface area contributed by atoms with Gasteiger partial charge >= 0.3 is 0 Å². The molecular formula is C15H14F2N2S. The van der Waals surface area contributed by atoms with Crippen molar-refractivity contribution in [1.82, 2.24) is 0 Å². The van der Waals surface area contributed by atoms with Crippen LogP contribution in [0.5, 0.6) is 0 Å². The maximum Gasteiger partial charge on any atom is 0.150 e. The lowest BCUT2D eigenvalue weighted by Gasteiger charge is -2.13. The quantitative estimate of drug-likeness (QED) is 0.841. The highest BCUT2D eigenvalue weighted by Gasteiger charge is 2.13. The van der Waals surface area contributed by atoms with E-state index in [2.05, 4.69) is 5.32 Å². The van der Waals surface area contributed by atoms with Gasteiger partial charge in [-0.1, -0.05) is 24.4 Å². The predicted octanol–water partition coefficient (Wildman–Crippen LogP) is 3.96. The van der Waals surface area contributed by atoms with E-state index in [1.807, 2.05) is 32.0 Å². The minimum absolute atomic E-state index is 0.0407. The van der Waals surface area contributed by atoms with Crippen molar-refractivity contribution in [3.05, 3.63) is 58.7 Å². The lowest BCUT2D eigenvalue weighted by molar-refractivity contribution is 0.590. The van der Waals surface area contributed by atoms with Crippen molar-refractivity contribution >= 4 is 28.6 Å². The molecule has 5 heteroatoms. The van der Waals surface area contributed by atoms with Crippen molar-refractivity contribution in [2.24, 2.45) is 5.73 Å². The molecule has 0 fully saturated rings. The van der Waals surface area contributed by atoms with E-state index in [0.717, 1.165) is 23.3 Å². The number of anilines is 2. The van der Waals surface area contributed by atoms with E-state index in [1.165, 1.54) is 0 Å². The molecule has 0 unspecified atom stereocenters. The molecule has 0 atom stereocenters. The molecule has 2 rings (SSSR count). The minimum atomic E-state index is -0.728. The van der Waals surface area contributed by atoms with E-state index < -0.39 is 11.6 Å². The van der Waals surface area contributed by atoms with Crippen LogP contribution >= 0.6 is 12.2 Å². The molecule has 20 heavy (non-hydrogen) atoms. The first-order valence-electron chi connectivity index (χ1n) is 6.01. The van der Waals surface area contributed by atoms with Gasteiger partial charge in [0.2, 0.25) is 0 Å². The largest absolute Gasteiger partial charge is 0.389 e. The Bertz CT molecular complexity index is 661. The summed E-state index contributed by atoms with van der Waals surface area (Å²) in [7, 11) is 0. The molecule has 0 aliphatic carbocycles. The third-order valence-corrected chi connectivity index (χ3v) is 3.22. The number of nitrogens with two attached hydrogens (primary N) is 1. The van der Waals surface area contributed by atoms with Crippen LogP contribution in [-0.4, -0.2) is 4.99 Å². The second kappa shape index (κ2) is 5.54. The van der Waals surface area contributed by atoms with Gasteiger partial charge in [-0.3, -0.25) is 0 Å². The second-order valence-corrected chi connectivity index (χ2v) is 5.06. The van der Waals surface area contributed by atoms with Gasteiger partial charge in [0, 0.05) is 11.3 Å². The van der Waals surface area contributed by atoms with E-state index in [0.29, 0.717) is 5.69 Å². The molecule has 0 heterocycles. The molecule has 0 amide bonds. The van der Waals surface area contributed by atoms with Gasteiger partial charge in [0.15, 0.2) is 0 Å². The number of nitrogens with one attached hydrogen (secondary N) is 1. The summed E-state index contributed by atoms with van der Waals surface area (Å²) in [4.78, 5) is -0.0407. The molecule has 0 saturated heterocycles. The van der Waals surface area contributed by atoms with Crippen molar-refractivity contribution in [3.8, 4) is 0 Å². The van der Waals surface area contributed by atoms with Crippen LogP contribution in [0.4, 0.5) is 20.2 Å². The number of benzene rings is 2. The molecule has 2 aromatic carbocycles. The number of hydrogen-bond donors (Lipinski definition) is 2. The highest BCUT2D eigenvalue weighted by atomic mass is 32.1. The van der Waals surface area contributed by atoms with Gasteiger partial charge in [-0.15, -0.1) is 0 Å². The molecule has 0 spiro atoms. The first-order chi connectivity index (χ1) is 9.38. The van der Waals surface area contributed by atoms with Crippen LogP contribution in [0.1, 0.15) is 16.7 Å². The van der Waals surface area contributed by atoms with Crippen molar-refractivity contribution < 1.29 is 8.78 Å². The fourth-order valence-electron chi connectivity index (χ4n) is 1.84. The Labute approximate surface area is 121 Å². The molecule has 2 nitrogen and oxygen atoms in total. The molecular weight excluding hydrogens is 278 g/mol. The molecule has 2 aromatic rings. The van der Waals surface area contributed by atoms with E-state index in [4.69, 9.17) is 18.0 Å². The highest BCUT2D eigenvalue weighted by molar-refractivity contribution is 7.80. The maximum absolute atomic E-state index is 14.0. The number of hydrogen-bond acceptors (Lipinski definition) is 2. The van der Waals surface area contributed by atoms with Crippen LogP contribution < -0.4 is 11.1 Å². The Balaban J connectivity index is 2.44. The predicted molar refractivity (Wildman–Crippen MR) is 81.4 cm³/mol. The van der Waals surface area contributed by atoms with Crippen LogP contribution in [-0.2, 0) is 0 Å². The van der Waals surface area contributed by atoms with Crippen LogP contribution in [0.3, 0.4) is 0 Å². The van der Waals surface area contributed by atoms with E-state index in [9.17, 15) is 8.78 Å². The zero-order valence-corrected chi connectivity index (χ0v) is 11.9. The minimum Gasteiger partial charge on any atom is -0.389 e. The molecule has 0 aromatic heterocycles. The van der Waals surface area contributed by atoms with Crippen LogP contribution in [0.25, 0.3) is 0 Å². The summed E-state index contributed by atoms with van der Waals surface area (Å²) in [5.74, 6) is -1.46. The number of halogens is 2. The van der Waals surface area contributed by atoms with E-state index >= 15 is 0 Å². The zero-order chi connectivity index (χ0) is 14.9. The summed E-state index contributed by atoms with van der Waals surface area (Å²) in [5.41, 5.74) is 7.89. The number of thiocarbonyl (C=S) groups is 1. The fourth-order valence-corrected chi connectivity index (χ4v) is 1.96.